The van der Waals surface area contributed by atoms with Crippen molar-refractivity contribution in [2.45, 2.75) is 12.6 Å². The first kappa shape index (κ1) is 19.3. The van der Waals surface area contributed by atoms with Gasteiger partial charge >= 0.3 is 0 Å². The maximum Gasteiger partial charge on any atom is 0.242 e. The van der Waals surface area contributed by atoms with Gasteiger partial charge < -0.3 is 15.0 Å². The Kier molecular flexibility index (Phi) is 6.42. The Morgan fingerprint density at radius 3 is 2.81 bits per heavy atom. The summed E-state index contributed by atoms with van der Waals surface area (Å²) >= 11 is 0. The SMILES string of the molecule is CN(C)CCOc1ccccc1CN1CCNC(=O)C1c1cccc(F)c1. The summed E-state index contributed by atoms with van der Waals surface area (Å²) in [6.07, 6.45) is 0. The quantitative estimate of drug-likeness (QED) is 0.812. The van der Waals surface area contributed by atoms with Crippen molar-refractivity contribution < 1.29 is 13.9 Å². The Morgan fingerprint density at radius 2 is 2.04 bits per heavy atom. The number of ether oxygens (including phenoxy) is 1. The number of halogens is 1. The van der Waals surface area contributed by atoms with Crippen LogP contribution in [0.5, 0.6) is 5.75 Å². The van der Waals surface area contributed by atoms with Crippen LogP contribution in [0.15, 0.2) is 48.5 Å². The van der Waals surface area contributed by atoms with E-state index in [2.05, 4.69) is 15.1 Å². The number of hydrogen-bond donors (Lipinski definition) is 1. The van der Waals surface area contributed by atoms with Crippen LogP contribution in [0.2, 0.25) is 0 Å². The lowest BCUT2D eigenvalue weighted by Crippen LogP contribution is -2.49. The molecule has 5 nitrogen and oxygen atoms in total. The molecule has 0 spiro atoms. The van der Waals surface area contributed by atoms with Crippen LogP contribution in [0.1, 0.15) is 17.2 Å². The molecular weight excluding hydrogens is 345 g/mol. The zero-order chi connectivity index (χ0) is 19.2. The molecule has 1 N–H and O–H groups in total. The number of carbonyl (C=O) groups is 1. The summed E-state index contributed by atoms with van der Waals surface area (Å²) in [5.41, 5.74) is 1.69. The lowest BCUT2D eigenvalue weighted by Gasteiger charge is -2.35. The van der Waals surface area contributed by atoms with Crippen molar-refractivity contribution in [3.8, 4) is 5.75 Å². The summed E-state index contributed by atoms with van der Waals surface area (Å²) in [5.74, 6) is 0.388. The fourth-order valence-corrected chi connectivity index (χ4v) is 3.26. The normalized spacial score (nSPS) is 17.8. The minimum Gasteiger partial charge on any atom is -0.492 e. The van der Waals surface area contributed by atoms with E-state index in [1.54, 1.807) is 12.1 Å². The van der Waals surface area contributed by atoms with Crippen molar-refractivity contribution in [1.29, 1.82) is 0 Å². The van der Waals surface area contributed by atoms with Gasteiger partial charge in [0.2, 0.25) is 5.91 Å². The molecule has 0 bridgehead atoms. The van der Waals surface area contributed by atoms with Gasteiger partial charge in [0.15, 0.2) is 0 Å². The van der Waals surface area contributed by atoms with Crippen LogP contribution >= 0.6 is 0 Å². The van der Waals surface area contributed by atoms with Gasteiger partial charge in [-0.25, -0.2) is 4.39 Å². The van der Waals surface area contributed by atoms with Crippen LogP contribution in [-0.4, -0.2) is 56.0 Å². The summed E-state index contributed by atoms with van der Waals surface area (Å²) in [7, 11) is 4.01. The van der Waals surface area contributed by atoms with Crippen LogP contribution < -0.4 is 10.1 Å². The first-order chi connectivity index (χ1) is 13.0. The fourth-order valence-electron chi connectivity index (χ4n) is 3.26. The molecule has 1 amide bonds. The molecule has 144 valence electrons. The van der Waals surface area contributed by atoms with Crippen molar-refractivity contribution in [2.24, 2.45) is 0 Å². The van der Waals surface area contributed by atoms with Crippen LogP contribution in [0, 0.1) is 5.82 Å². The van der Waals surface area contributed by atoms with E-state index in [0.29, 0.717) is 31.8 Å². The van der Waals surface area contributed by atoms with E-state index >= 15 is 0 Å². The third kappa shape index (κ3) is 5.05. The van der Waals surface area contributed by atoms with Crippen molar-refractivity contribution in [3.63, 3.8) is 0 Å². The van der Waals surface area contributed by atoms with Crippen LogP contribution in [0.25, 0.3) is 0 Å². The minimum absolute atomic E-state index is 0.0992. The molecule has 1 saturated heterocycles. The molecule has 27 heavy (non-hydrogen) atoms. The Labute approximate surface area is 159 Å². The monoisotopic (exact) mass is 371 g/mol. The molecule has 0 saturated carbocycles. The van der Waals surface area contributed by atoms with Crippen molar-refractivity contribution in [1.82, 2.24) is 15.1 Å². The molecule has 0 radical (unpaired) electrons. The van der Waals surface area contributed by atoms with Crippen molar-refractivity contribution >= 4 is 5.91 Å². The summed E-state index contributed by atoms with van der Waals surface area (Å²) in [6, 6.07) is 13.6. The molecule has 3 rings (SSSR count). The smallest absolute Gasteiger partial charge is 0.242 e. The molecule has 1 heterocycles. The van der Waals surface area contributed by atoms with E-state index in [9.17, 15) is 9.18 Å². The number of para-hydroxylation sites is 1. The van der Waals surface area contributed by atoms with Gasteiger partial charge in [-0.1, -0.05) is 30.3 Å². The van der Waals surface area contributed by atoms with E-state index in [1.807, 2.05) is 38.4 Å². The molecule has 0 aliphatic carbocycles. The van der Waals surface area contributed by atoms with E-state index in [0.717, 1.165) is 17.9 Å². The highest BCUT2D eigenvalue weighted by Gasteiger charge is 2.31. The molecule has 0 aromatic heterocycles. The molecule has 1 aliphatic rings. The largest absolute Gasteiger partial charge is 0.492 e. The second-order valence-corrected chi connectivity index (χ2v) is 6.98. The third-order valence-electron chi connectivity index (χ3n) is 4.62. The highest BCUT2D eigenvalue weighted by Crippen LogP contribution is 2.28. The summed E-state index contributed by atoms with van der Waals surface area (Å²) in [5, 5.41) is 2.89. The summed E-state index contributed by atoms with van der Waals surface area (Å²) < 4.78 is 19.6. The fraction of sp³-hybridized carbons (Fsp3) is 0.381. The lowest BCUT2D eigenvalue weighted by atomic mass is 10.0. The maximum absolute atomic E-state index is 13.7. The molecular formula is C21H26FN3O2. The Bertz CT molecular complexity index is 782. The topological polar surface area (TPSA) is 44.8 Å². The zero-order valence-corrected chi connectivity index (χ0v) is 15.8. The maximum atomic E-state index is 13.7. The van der Waals surface area contributed by atoms with E-state index in [1.165, 1.54) is 12.1 Å². The highest BCUT2D eigenvalue weighted by atomic mass is 19.1. The third-order valence-corrected chi connectivity index (χ3v) is 4.62. The molecule has 6 heteroatoms. The van der Waals surface area contributed by atoms with Gasteiger partial charge in [0, 0.05) is 31.7 Å². The van der Waals surface area contributed by atoms with Crippen LogP contribution in [0.4, 0.5) is 4.39 Å². The molecule has 1 fully saturated rings. The Hall–Kier alpha value is -2.44. The van der Waals surface area contributed by atoms with E-state index in [-0.39, 0.29) is 11.7 Å². The molecule has 2 aromatic carbocycles. The second-order valence-electron chi connectivity index (χ2n) is 6.98. The first-order valence-corrected chi connectivity index (χ1v) is 9.17. The average Bonchev–Trinajstić information content (AvgIpc) is 2.63. The van der Waals surface area contributed by atoms with Gasteiger partial charge in [-0.15, -0.1) is 0 Å². The van der Waals surface area contributed by atoms with Gasteiger partial charge in [0.25, 0.3) is 0 Å². The number of carbonyl (C=O) groups excluding carboxylic acids is 1. The molecule has 1 atom stereocenters. The van der Waals surface area contributed by atoms with Gasteiger partial charge in [0.1, 0.15) is 24.2 Å². The molecule has 1 aliphatic heterocycles. The van der Waals surface area contributed by atoms with Crippen molar-refractivity contribution in [3.05, 3.63) is 65.5 Å². The predicted octanol–water partition coefficient (Wildman–Crippen LogP) is 2.44. The highest BCUT2D eigenvalue weighted by molar-refractivity contribution is 5.83. The van der Waals surface area contributed by atoms with Gasteiger partial charge in [-0.3, -0.25) is 9.69 Å². The van der Waals surface area contributed by atoms with E-state index < -0.39 is 6.04 Å². The number of hydrogen-bond acceptors (Lipinski definition) is 4. The van der Waals surface area contributed by atoms with Gasteiger partial charge in [-0.05, 0) is 37.9 Å². The number of likely N-dealkylation sites (N-methyl/N-ethyl adjacent to an activating group) is 1. The van der Waals surface area contributed by atoms with Gasteiger partial charge in [0.05, 0.1) is 0 Å². The first-order valence-electron chi connectivity index (χ1n) is 9.17. The van der Waals surface area contributed by atoms with Crippen molar-refractivity contribution in [2.75, 3.05) is 40.3 Å². The summed E-state index contributed by atoms with van der Waals surface area (Å²) in [4.78, 5) is 16.7. The second kappa shape index (κ2) is 8.97. The average molecular weight is 371 g/mol. The standard InChI is InChI=1S/C21H26FN3O2/c1-24(2)12-13-27-19-9-4-3-6-17(19)15-25-11-10-23-21(26)20(25)16-7-5-8-18(22)14-16/h3-9,14,20H,10-13,15H2,1-2H3,(H,23,26). The Morgan fingerprint density at radius 1 is 1.22 bits per heavy atom. The number of nitrogens with zero attached hydrogens (tertiary/aromatic N) is 2. The lowest BCUT2D eigenvalue weighted by molar-refractivity contribution is -0.129. The van der Waals surface area contributed by atoms with Crippen LogP contribution in [0.3, 0.4) is 0 Å². The number of rotatable bonds is 7. The summed E-state index contributed by atoms with van der Waals surface area (Å²) in [6.45, 7) is 3.25. The number of amides is 1. The zero-order valence-electron chi connectivity index (χ0n) is 15.8. The Balaban J connectivity index is 1.79. The minimum atomic E-state index is -0.510. The predicted molar refractivity (Wildman–Crippen MR) is 103 cm³/mol. The molecule has 2 aromatic rings. The number of nitrogens with one attached hydrogen (secondary N) is 1. The number of benzene rings is 2. The van der Waals surface area contributed by atoms with Crippen LogP contribution in [-0.2, 0) is 11.3 Å². The number of piperazine rings is 1. The van der Waals surface area contributed by atoms with Gasteiger partial charge in [-0.2, -0.15) is 0 Å². The molecule has 1 unspecified atom stereocenters. The van der Waals surface area contributed by atoms with E-state index in [4.69, 9.17) is 4.74 Å².